The van der Waals surface area contributed by atoms with E-state index >= 15 is 0 Å². The summed E-state index contributed by atoms with van der Waals surface area (Å²) in [5.41, 5.74) is 11.4. The molecule has 31 heavy (non-hydrogen) atoms. The third-order valence-corrected chi connectivity index (χ3v) is 6.74. The van der Waals surface area contributed by atoms with Crippen LogP contribution in [0.3, 0.4) is 0 Å². The number of benzene rings is 1. The fourth-order valence-corrected chi connectivity index (χ4v) is 5.34. The quantitative estimate of drug-likeness (QED) is 0.745. The van der Waals surface area contributed by atoms with Gasteiger partial charge in [-0.3, -0.25) is 4.79 Å². The van der Waals surface area contributed by atoms with Crippen LogP contribution in [-0.4, -0.2) is 28.8 Å². The third-order valence-electron chi connectivity index (χ3n) is 6.74. The molecule has 1 aromatic carbocycles. The van der Waals surface area contributed by atoms with Crippen LogP contribution in [0.5, 0.6) is 0 Å². The van der Waals surface area contributed by atoms with Crippen LogP contribution in [0.25, 0.3) is 0 Å². The van der Waals surface area contributed by atoms with Crippen LogP contribution in [0, 0.1) is 12.3 Å². The molecule has 2 aliphatic heterocycles. The minimum absolute atomic E-state index is 0.0775. The number of rotatable bonds is 2. The Hall–Kier alpha value is -2.89. The van der Waals surface area contributed by atoms with Crippen LogP contribution in [0.15, 0.2) is 35.5 Å². The number of carbonyl (C=O) groups is 1. The number of ketones is 1. The summed E-state index contributed by atoms with van der Waals surface area (Å²) in [5.74, 6) is 1.87. The molecular weight excluding hydrogens is 386 g/mol. The number of anilines is 3. The van der Waals surface area contributed by atoms with Gasteiger partial charge in [-0.2, -0.15) is 9.97 Å². The zero-order chi connectivity index (χ0) is 21.8. The molecule has 0 amide bonds. The first-order chi connectivity index (χ1) is 14.8. The number of Topliss-reactive ketones (excluding diaryl/α,β-unsaturated/α-hetero) is 1. The number of hydrogen-bond donors (Lipinski definition) is 2. The van der Waals surface area contributed by atoms with Gasteiger partial charge in [-0.1, -0.05) is 43.7 Å². The number of nitrogens with one attached hydrogen (secondary N) is 1. The van der Waals surface area contributed by atoms with Crippen LogP contribution < -0.4 is 16.0 Å². The molecule has 0 saturated carbocycles. The summed E-state index contributed by atoms with van der Waals surface area (Å²) in [6.07, 6.45) is 4.91. The Bertz CT molecular complexity index is 1080. The molecule has 1 saturated heterocycles. The fraction of sp³-hybridized carbons (Fsp3) is 0.480. The van der Waals surface area contributed by atoms with Crippen LogP contribution in [0.1, 0.15) is 68.6 Å². The number of fused-ring (bicyclic) bond motifs is 1. The molecule has 1 atom stereocenters. The SMILES string of the molecule is Cc1cccc(C2C3=C(CC(C)(C)CC3=O)Nc3nc(N4CCCCC4)nc(N)c32)c1. The predicted molar refractivity (Wildman–Crippen MR) is 124 cm³/mol. The molecule has 3 aliphatic rings. The van der Waals surface area contributed by atoms with Crippen LogP contribution in [0.4, 0.5) is 17.6 Å². The van der Waals surface area contributed by atoms with Crippen LogP contribution in [-0.2, 0) is 4.79 Å². The van der Waals surface area contributed by atoms with Crippen molar-refractivity contribution in [3.05, 3.63) is 52.2 Å². The van der Waals surface area contributed by atoms with Crippen LogP contribution in [0.2, 0.25) is 0 Å². The molecule has 2 aromatic rings. The molecule has 6 heteroatoms. The molecule has 3 heterocycles. The second-order valence-electron chi connectivity index (χ2n) is 10.0. The maximum Gasteiger partial charge on any atom is 0.229 e. The summed E-state index contributed by atoms with van der Waals surface area (Å²) >= 11 is 0. The van der Waals surface area contributed by atoms with Crippen molar-refractivity contribution in [1.29, 1.82) is 0 Å². The van der Waals surface area contributed by atoms with E-state index in [2.05, 4.69) is 49.2 Å². The summed E-state index contributed by atoms with van der Waals surface area (Å²) in [7, 11) is 0. The number of aromatic nitrogens is 2. The molecule has 1 aromatic heterocycles. The second kappa shape index (κ2) is 7.36. The molecule has 3 N–H and O–H groups in total. The number of hydrogen-bond acceptors (Lipinski definition) is 6. The van der Waals surface area contributed by atoms with Gasteiger partial charge in [-0.05, 0) is 43.6 Å². The van der Waals surface area contributed by atoms with Gasteiger partial charge in [-0.25, -0.2) is 0 Å². The van der Waals surface area contributed by atoms with E-state index in [9.17, 15) is 4.79 Å². The zero-order valence-electron chi connectivity index (χ0n) is 18.7. The molecule has 0 spiro atoms. The number of nitrogens with zero attached hydrogens (tertiary/aromatic N) is 3. The predicted octanol–water partition coefficient (Wildman–Crippen LogP) is 4.56. The summed E-state index contributed by atoms with van der Waals surface area (Å²) in [4.78, 5) is 25.2. The van der Waals surface area contributed by atoms with Crippen molar-refractivity contribution in [2.75, 3.05) is 29.0 Å². The molecule has 6 nitrogen and oxygen atoms in total. The highest BCUT2D eigenvalue weighted by Crippen LogP contribution is 2.50. The average Bonchev–Trinajstić information content (AvgIpc) is 2.72. The monoisotopic (exact) mass is 417 g/mol. The van der Waals surface area contributed by atoms with Crippen LogP contribution >= 0.6 is 0 Å². The molecule has 5 rings (SSSR count). The number of nitrogens with two attached hydrogens (primary N) is 1. The summed E-state index contributed by atoms with van der Waals surface area (Å²) in [6.45, 7) is 8.30. The Balaban J connectivity index is 1.68. The summed E-state index contributed by atoms with van der Waals surface area (Å²) in [6, 6.07) is 8.35. The average molecular weight is 418 g/mol. The van der Waals surface area contributed by atoms with E-state index in [1.807, 2.05) is 6.07 Å². The lowest BCUT2D eigenvalue weighted by Crippen LogP contribution is -2.36. The minimum atomic E-state index is -0.231. The number of piperidine rings is 1. The summed E-state index contributed by atoms with van der Waals surface area (Å²) < 4.78 is 0. The van der Waals surface area contributed by atoms with E-state index in [-0.39, 0.29) is 17.1 Å². The van der Waals surface area contributed by atoms with E-state index in [1.165, 1.54) is 6.42 Å². The number of allylic oxidation sites excluding steroid dienone is 2. The Kier molecular flexibility index (Phi) is 4.76. The highest BCUT2D eigenvalue weighted by atomic mass is 16.1. The van der Waals surface area contributed by atoms with E-state index in [0.29, 0.717) is 18.2 Å². The van der Waals surface area contributed by atoms with Crippen molar-refractivity contribution in [3.63, 3.8) is 0 Å². The third kappa shape index (κ3) is 3.58. The van der Waals surface area contributed by atoms with Gasteiger partial charge in [0.15, 0.2) is 5.78 Å². The van der Waals surface area contributed by atoms with E-state index < -0.39 is 0 Å². The molecule has 0 radical (unpaired) electrons. The molecule has 162 valence electrons. The smallest absolute Gasteiger partial charge is 0.229 e. The Morgan fingerprint density at radius 2 is 1.90 bits per heavy atom. The molecular formula is C25H31N5O. The maximum absolute atomic E-state index is 13.4. The Morgan fingerprint density at radius 3 is 2.65 bits per heavy atom. The standard InChI is InChI=1S/C25H31N5O/c1-15-8-7-9-16(12-15)19-20-17(13-25(2,3)14-18(20)31)27-23-21(19)22(26)28-24(29-23)30-10-5-4-6-11-30/h7-9,12,19H,4-6,10-11,13-14H2,1-3H3,(H3,26,27,28,29). The van der Waals surface area contributed by atoms with Gasteiger partial charge < -0.3 is 16.0 Å². The first-order valence-electron chi connectivity index (χ1n) is 11.3. The highest BCUT2D eigenvalue weighted by Gasteiger charge is 2.42. The van der Waals surface area contributed by atoms with Crippen molar-refractivity contribution < 1.29 is 4.79 Å². The second-order valence-corrected chi connectivity index (χ2v) is 10.0. The molecule has 0 bridgehead atoms. The molecule has 1 aliphatic carbocycles. The first kappa shape index (κ1) is 20.0. The van der Waals surface area contributed by atoms with Crippen molar-refractivity contribution >= 4 is 23.4 Å². The summed E-state index contributed by atoms with van der Waals surface area (Å²) in [5, 5.41) is 3.52. The lowest BCUT2D eigenvalue weighted by molar-refractivity contribution is -0.118. The first-order valence-corrected chi connectivity index (χ1v) is 11.3. The number of carbonyl (C=O) groups excluding carboxylic acids is 1. The molecule has 1 fully saturated rings. The lowest BCUT2D eigenvalue weighted by atomic mass is 9.69. The lowest BCUT2D eigenvalue weighted by Gasteiger charge is -2.39. The molecule has 1 unspecified atom stereocenters. The van der Waals surface area contributed by atoms with Gasteiger partial charge in [0.05, 0.1) is 0 Å². The minimum Gasteiger partial charge on any atom is -0.383 e. The maximum atomic E-state index is 13.4. The topological polar surface area (TPSA) is 84.1 Å². The fourth-order valence-electron chi connectivity index (χ4n) is 5.34. The normalized spacial score (nSPS) is 22.6. The number of aryl methyl sites for hydroxylation is 1. The Labute approximate surface area is 184 Å². The van der Waals surface area contributed by atoms with Crippen molar-refractivity contribution in [1.82, 2.24) is 9.97 Å². The zero-order valence-corrected chi connectivity index (χ0v) is 18.7. The van der Waals surface area contributed by atoms with E-state index in [0.717, 1.165) is 66.1 Å². The largest absolute Gasteiger partial charge is 0.383 e. The van der Waals surface area contributed by atoms with Gasteiger partial charge in [0.25, 0.3) is 0 Å². The van der Waals surface area contributed by atoms with Gasteiger partial charge in [0.1, 0.15) is 11.6 Å². The van der Waals surface area contributed by atoms with E-state index in [1.54, 1.807) is 0 Å². The van der Waals surface area contributed by atoms with Gasteiger partial charge in [-0.15, -0.1) is 0 Å². The van der Waals surface area contributed by atoms with Crippen molar-refractivity contribution in [3.8, 4) is 0 Å². The van der Waals surface area contributed by atoms with E-state index in [4.69, 9.17) is 15.7 Å². The highest BCUT2D eigenvalue weighted by molar-refractivity contribution is 6.02. The Morgan fingerprint density at radius 1 is 1.13 bits per heavy atom. The van der Waals surface area contributed by atoms with Gasteiger partial charge in [0.2, 0.25) is 5.95 Å². The van der Waals surface area contributed by atoms with Crippen molar-refractivity contribution in [2.24, 2.45) is 5.41 Å². The number of nitrogen functional groups attached to an aromatic ring is 1. The van der Waals surface area contributed by atoms with Gasteiger partial charge >= 0.3 is 0 Å². The van der Waals surface area contributed by atoms with Gasteiger partial charge in [0, 0.05) is 42.3 Å². The van der Waals surface area contributed by atoms with Crippen molar-refractivity contribution in [2.45, 2.75) is 58.8 Å².